The summed E-state index contributed by atoms with van der Waals surface area (Å²) in [6.45, 7) is 3.81. The standard InChI is InChI=1S/C26H29N3O3S/c1-18-9-10-21(25(30)27-14-11-19-6-3-4-7-22(19)32-2)24(28-18)20-12-15-29(16-13-20)26(31)23-8-5-17-33-23/h3-10,17,20H,11-16H2,1-2H3,(H,27,30). The minimum atomic E-state index is -0.107. The number of benzene rings is 1. The molecule has 2 aromatic heterocycles. The Labute approximate surface area is 198 Å². The van der Waals surface area contributed by atoms with E-state index in [0.29, 0.717) is 31.6 Å². The quantitative estimate of drug-likeness (QED) is 0.562. The van der Waals surface area contributed by atoms with Crippen molar-refractivity contribution in [1.29, 1.82) is 0 Å². The topological polar surface area (TPSA) is 71.5 Å². The predicted molar refractivity (Wildman–Crippen MR) is 130 cm³/mol. The second-order valence-electron chi connectivity index (χ2n) is 8.25. The van der Waals surface area contributed by atoms with Crippen molar-refractivity contribution in [1.82, 2.24) is 15.2 Å². The van der Waals surface area contributed by atoms with Gasteiger partial charge in [0, 0.05) is 31.2 Å². The van der Waals surface area contributed by atoms with Gasteiger partial charge in [0.2, 0.25) is 0 Å². The number of aromatic nitrogens is 1. The van der Waals surface area contributed by atoms with Crippen molar-refractivity contribution in [2.24, 2.45) is 0 Å². The molecule has 1 aliphatic rings. The molecule has 3 aromatic rings. The molecule has 0 saturated carbocycles. The van der Waals surface area contributed by atoms with E-state index in [0.717, 1.165) is 40.4 Å². The van der Waals surface area contributed by atoms with Crippen molar-refractivity contribution in [3.05, 3.63) is 81.3 Å². The van der Waals surface area contributed by atoms with Gasteiger partial charge in [0.05, 0.1) is 23.2 Å². The number of hydrogen-bond acceptors (Lipinski definition) is 5. The molecule has 0 spiro atoms. The SMILES string of the molecule is COc1ccccc1CCNC(=O)c1ccc(C)nc1C1CCN(C(=O)c2cccs2)CC1. The van der Waals surface area contributed by atoms with Gasteiger partial charge >= 0.3 is 0 Å². The number of rotatable bonds is 7. The van der Waals surface area contributed by atoms with Gasteiger partial charge in [0.1, 0.15) is 5.75 Å². The number of aryl methyl sites for hydroxylation is 1. The summed E-state index contributed by atoms with van der Waals surface area (Å²) in [7, 11) is 1.65. The molecule has 0 unspecified atom stereocenters. The molecule has 33 heavy (non-hydrogen) atoms. The molecule has 1 aromatic carbocycles. The molecule has 1 fully saturated rings. The summed E-state index contributed by atoms with van der Waals surface area (Å²) in [5, 5.41) is 4.97. The Morgan fingerprint density at radius 1 is 1.12 bits per heavy atom. The highest BCUT2D eigenvalue weighted by Crippen LogP contribution is 2.30. The van der Waals surface area contributed by atoms with Gasteiger partial charge in [-0.15, -0.1) is 11.3 Å². The minimum Gasteiger partial charge on any atom is -0.496 e. The van der Waals surface area contributed by atoms with E-state index in [1.165, 1.54) is 11.3 Å². The predicted octanol–water partition coefficient (Wildman–Crippen LogP) is 4.45. The van der Waals surface area contributed by atoms with Crippen molar-refractivity contribution in [3.8, 4) is 5.75 Å². The van der Waals surface area contributed by atoms with Crippen LogP contribution in [0.1, 0.15) is 55.7 Å². The molecule has 0 radical (unpaired) electrons. The average molecular weight is 464 g/mol. The number of hydrogen-bond donors (Lipinski definition) is 1. The van der Waals surface area contributed by atoms with E-state index < -0.39 is 0 Å². The molecule has 1 N–H and O–H groups in total. The first-order chi connectivity index (χ1) is 16.1. The van der Waals surface area contributed by atoms with E-state index in [2.05, 4.69) is 5.32 Å². The number of methoxy groups -OCH3 is 1. The fourth-order valence-electron chi connectivity index (χ4n) is 4.31. The van der Waals surface area contributed by atoms with Crippen LogP contribution in [0.15, 0.2) is 53.9 Å². The van der Waals surface area contributed by atoms with Gasteiger partial charge in [0.15, 0.2) is 0 Å². The van der Waals surface area contributed by atoms with Gasteiger partial charge in [-0.05, 0) is 61.4 Å². The molecule has 1 aliphatic heterocycles. The zero-order chi connectivity index (χ0) is 23.2. The number of para-hydroxylation sites is 1. The highest BCUT2D eigenvalue weighted by atomic mass is 32.1. The van der Waals surface area contributed by atoms with Crippen molar-refractivity contribution in [2.45, 2.75) is 32.1 Å². The Kier molecular flexibility index (Phi) is 7.40. The van der Waals surface area contributed by atoms with E-state index in [1.54, 1.807) is 7.11 Å². The first-order valence-electron chi connectivity index (χ1n) is 11.3. The number of likely N-dealkylation sites (tertiary alicyclic amines) is 1. The van der Waals surface area contributed by atoms with Crippen LogP contribution in [0.2, 0.25) is 0 Å². The monoisotopic (exact) mass is 463 g/mol. The normalized spacial score (nSPS) is 14.2. The van der Waals surface area contributed by atoms with E-state index in [4.69, 9.17) is 9.72 Å². The molecule has 0 atom stereocenters. The second kappa shape index (κ2) is 10.6. The van der Waals surface area contributed by atoms with Crippen LogP contribution in [0.25, 0.3) is 0 Å². The molecule has 6 nitrogen and oxygen atoms in total. The lowest BCUT2D eigenvalue weighted by molar-refractivity contribution is 0.0715. The summed E-state index contributed by atoms with van der Waals surface area (Å²) >= 11 is 1.47. The first kappa shape index (κ1) is 23.0. The van der Waals surface area contributed by atoms with Crippen molar-refractivity contribution in [2.75, 3.05) is 26.7 Å². The van der Waals surface area contributed by atoms with Crippen molar-refractivity contribution in [3.63, 3.8) is 0 Å². The van der Waals surface area contributed by atoms with E-state index >= 15 is 0 Å². The van der Waals surface area contributed by atoms with Gasteiger partial charge < -0.3 is 15.0 Å². The number of piperidine rings is 1. The maximum Gasteiger partial charge on any atom is 0.263 e. The summed E-state index contributed by atoms with van der Waals surface area (Å²) in [6, 6.07) is 15.4. The molecule has 3 heterocycles. The number of carbonyl (C=O) groups is 2. The minimum absolute atomic E-state index is 0.0926. The highest BCUT2D eigenvalue weighted by molar-refractivity contribution is 7.12. The third kappa shape index (κ3) is 5.42. The molecule has 7 heteroatoms. The van der Waals surface area contributed by atoms with Crippen LogP contribution in [0.4, 0.5) is 0 Å². The molecule has 0 bridgehead atoms. The van der Waals surface area contributed by atoms with Gasteiger partial charge in [-0.25, -0.2) is 0 Å². The third-order valence-electron chi connectivity index (χ3n) is 6.08. The number of carbonyl (C=O) groups excluding carboxylic acids is 2. The summed E-state index contributed by atoms with van der Waals surface area (Å²) in [5.41, 5.74) is 3.43. The number of pyridine rings is 1. The van der Waals surface area contributed by atoms with Gasteiger partial charge in [-0.3, -0.25) is 14.6 Å². The number of nitrogens with one attached hydrogen (secondary N) is 1. The summed E-state index contributed by atoms with van der Waals surface area (Å²) in [6.07, 6.45) is 2.29. The van der Waals surface area contributed by atoms with Crippen molar-refractivity contribution >= 4 is 23.2 Å². The van der Waals surface area contributed by atoms with Crippen molar-refractivity contribution < 1.29 is 14.3 Å². The molecule has 2 amide bonds. The second-order valence-corrected chi connectivity index (χ2v) is 9.19. The van der Waals surface area contributed by atoms with Crippen LogP contribution in [-0.4, -0.2) is 48.4 Å². The third-order valence-corrected chi connectivity index (χ3v) is 6.94. The molecule has 0 aliphatic carbocycles. The smallest absolute Gasteiger partial charge is 0.263 e. The zero-order valence-electron chi connectivity index (χ0n) is 19.0. The van der Waals surface area contributed by atoms with Crippen LogP contribution >= 0.6 is 11.3 Å². The Morgan fingerprint density at radius 2 is 1.91 bits per heavy atom. The molecule has 4 rings (SSSR count). The lowest BCUT2D eigenvalue weighted by Gasteiger charge is -2.32. The zero-order valence-corrected chi connectivity index (χ0v) is 19.9. The maximum absolute atomic E-state index is 13.0. The van der Waals surface area contributed by atoms with Crippen LogP contribution in [0, 0.1) is 6.92 Å². The van der Waals surface area contributed by atoms with E-state index in [-0.39, 0.29) is 17.7 Å². The fraction of sp³-hybridized carbons (Fsp3) is 0.346. The van der Waals surface area contributed by atoms with E-state index in [9.17, 15) is 9.59 Å². The lowest BCUT2D eigenvalue weighted by Crippen LogP contribution is -2.38. The molecular formula is C26H29N3O3S. The summed E-state index contributed by atoms with van der Waals surface area (Å²) in [4.78, 5) is 33.1. The molecular weight excluding hydrogens is 434 g/mol. The van der Waals surface area contributed by atoms with Gasteiger partial charge in [0.25, 0.3) is 11.8 Å². The van der Waals surface area contributed by atoms with Crippen LogP contribution in [0.3, 0.4) is 0 Å². The Bertz CT molecular complexity index is 1110. The summed E-state index contributed by atoms with van der Waals surface area (Å²) in [5.74, 6) is 0.972. The molecule has 1 saturated heterocycles. The number of amides is 2. The van der Waals surface area contributed by atoms with Gasteiger partial charge in [-0.2, -0.15) is 0 Å². The van der Waals surface area contributed by atoms with Crippen LogP contribution < -0.4 is 10.1 Å². The average Bonchev–Trinajstić information content (AvgIpc) is 3.39. The summed E-state index contributed by atoms with van der Waals surface area (Å²) < 4.78 is 5.40. The number of ether oxygens (including phenoxy) is 1. The molecule has 172 valence electrons. The number of nitrogens with zero attached hydrogens (tertiary/aromatic N) is 2. The number of thiophene rings is 1. The Hall–Kier alpha value is -3.19. The van der Waals surface area contributed by atoms with Crippen LogP contribution in [0.5, 0.6) is 5.75 Å². The van der Waals surface area contributed by atoms with Crippen LogP contribution in [-0.2, 0) is 6.42 Å². The van der Waals surface area contributed by atoms with E-state index in [1.807, 2.05) is 65.7 Å². The Balaban J connectivity index is 1.40. The fourth-order valence-corrected chi connectivity index (χ4v) is 5.00. The highest BCUT2D eigenvalue weighted by Gasteiger charge is 2.28. The lowest BCUT2D eigenvalue weighted by atomic mass is 9.89. The largest absolute Gasteiger partial charge is 0.496 e. The van der Waals surface area contributed by atoms with Gasteiger partial charge in [-0.1, -0.05) is 24.3 Å². The maximum atomic E-state index is 13.0. The Morgan fingerprint density at radius 3 is 2.64 bits per heavy atom. The first-order valence-corrected chi connectivity index (χ1v) is 12.1.